The van der Waals surface area contributed by atoms with E-state index in [-0.39, 0.29) is 5.78 Å². The van der Waals surface area contributed by atoms with Crippen molar-refractivity contribution in [3.8, 4) is 5.75 Å². The van der Waals surface area contributed by atoms with Crippen LogP contribution in [0.1, 0.15) is 11.1 Å². The lowest BCUT2D eigenvalue weighted by Crippen LogP contribution is -1.85. The molecule has 2 rings (SSSR count). The van der Waals surface area contributed by atoms with E-state index in [0.29, 0.717) is 0 Å². The summed E-state index contributed by atoms with van der Waals surface area (Å²) in [6, 6.07) is 17.3. The van der Waals surface area contributed by atoms with Crippen LogP contribution in [0.25, 0.3) is 12.2 Å². The summed E-state index contributed by atoms with van der Waals surface area (Å²) in [4.78, 5) is 11.7. The van der Waals surface area contributed by atoms with Gasteiger partial charge in [0.1, 0.15) is 5.75 Å². The van der Waals surface area contributed by atoms with Gasteiger partial charge in [-0.25, -0.2) is 0 Å². The van der Waals surface area contributed by atoms with Crippen molar-refractivity contribution in [3.05, 3.63) is 77.9 Å². The van der Waals surface area contributed by atoms with Gasteiger partial charge in [0.05, 0.1) is 7.11 Å². The second kappa shape index (κ2) is 7.10. The number of hydrogen-bond donors (Lipinski definition) is 0. The van der Waals surface area contributed by atoms with Gasteiger partial charge in [0, 0.05) is 0 Å². The van der Waals surface area contributed by atoms with Crippen LogP contribution in [0.15, 0.2) is 66.7 Å². The van der Waals surface area contributed by atoms with Crippen molar-refractivity contribution >= 4 is 17.9 Å². The zero-order valence-electron chi connectivity index (χ0n) is 11.3. The third-order valence-corrected chi connectivity index (χ3v) is 2.80. The summed E-state index contributed by atoms with van der Waals surface area (Å²) >= 11 is 0. The number of benzene rings is 2. The predicted molar refractivity (Wildman–Crippen MR) is 82.5 cm³/mol. The molecule has 20 heavy (non-hydrogen) atoms. The molecule has 0 aliphatic heterocycles. The molecule has 0 atom stereocenters. The molecule has 0 spiro atoms. The predicted octanol–water partition coefficient (Wildman–Crippen LogP) is 3.99. The van der Waals surface area contributed by atoms with Gasteiger partial charge in [-0.2, -0.15) is 0 Å². The van der Waals surface area contributed by atoms with Gasteiger partial charge >= 0.3 is 0 Å². The van der Waals surface area contributed by atoms with Crippen molar-refractivity contribution in [1.82, 2.24) is 0 Å². The summed E-state index contributed by atoms with van der Waals surface area (Å²) in [7, 11) is 1.63. The largest absolute Gasteiger partial charge is 0.497 e. The highest BCUT2D eigenvalue weighted by Crippen LogP contribution is 2.12. The summed E-state index contributed by atoms with van der Waals surface area (Å²) in [5, 5.41) is 0. The van der Waals surface area contributed by atoms with Crippen LogP contribution < -0.4 is 4.74 Å². The quantitative estimate of drug-likeness (QED) is 0.763. The smallest absolute Gasteiger partial charge is 0.178 e. The van der Waals surface area contributed by atoms with E-state index >= 15 is 0 Å². The van der Waals surface area contributed by atoms with Crippen molar-refractivity contribution in [2.24, 2.45) is 0 Å². The Morgan fingerprint density at radius 1 is 0.850 bits per heavy atom. The first kappa shape index (κ1) is 13.8. The average molecular weight is 264 g/mol. The molecule has 0 fully saturated rings. The maximum absolute atomic E-state index is 11.7. The third kappa shape index (κ3) is 4.25. The van der Waals surface area contributed by atoms with Crippen LogP contribution in [-0.2, 0) is 4.79 Å². The van der Waals surface area contributed by atoms with Gasteiger partial charge in [-0.3, -0.25) is 4.79 Å². The van der Waals surface area contributed by atoms with Gasteiger partial charge < -0.3 is 4.74 Å². The first-order valence-electron chi connectivity index (χ1n) is 6.37. The van der Waals surface area contributed by atoms with Gasteiger partial charge in [0.15, 0.2) is 5.78 Å². The molecule has 0 amide bonds. The lowest BCUT2D eigenvalue weighted by Gasteiger charge is -1.98. The van der Waals surface area contributed by atoms with Crippen molar-refractivity contribution in [2.45, 2.75) is 0 Å². The molecule has 2 nitrogen and oxygen atoms in total. The van der Waals surface area contributed by atoms with Crippen LogP contribution in [0.2, 0.25) is 0 Å². The number of rotatable bonds is 5. The van der Waals surface area contributed by atoms with Crippen LogP contribution in [0.5, 0.6) is 5.75 Å². The Kier molecular flexibility index (Phi) is 4.90. The molecular weight excluding hydrogens is 248 g/mol. The Hall–Kier alpha value is -2.61. The van der Waals surface area contributed by atoms with Crippen LogP contribution in [0.3, 0.4) is 0 Å². The Morgan fingerprint density at radius 2 is 1.40 bits per heavy atom. The molecule has 2 aromatic rings. The Balaban J connectivity index is 1.96. The molecule has 0 saturated heterocycles. The molecule has 0 aromatic heterocycles. The molecule has 0 heterocycles. The van der Waals surface area contributed by atoms with Crippen LogP contribution in [-0.4, -0.2) is 12.9 Å². The molecule has 0 unspecified atom stereocenters. The average Bonchev–Trinajstić information content (AvgIpc) is 2.52. The third-order valence-electron chi connectivity index (χ3n) is 2.80. The SMILES string of the molecule is COc1ccc(/C=C/C(=O)/C=C/c2ccccc2)cc1. The molecule has 0 aliphatic rings. The minimum absolute atomic E-state index is 0.0373. The molecule has 100 valence electrons. The summed E-state index contributed by atoms with van der Waals surface area (Å²) < 4.78 is 5.08. The topological polar surface area (TPSA) is 26.3 Å². The van der Waals surface area contributed by atoms with E-state index in [9.17, 15) is 4.79 Å². The van der Waals surface area contributed by atoms with E-state index < -0.39 is 0 Å². The number of carbonyl (C=O) groups excluding carboxylic acids is 1. The molecule has 0 bridgehead atoms. The molecule has 0 radical (unpaired) electrons. The zero-order valence-corrected chi connectivity index (χ0v) is 11.3. The highest BCUT2D eigenvalue weighted by molar-refractivity contribution is 6.04. The molecule has 2 heteroatoms. The lowest BCUT2D eigenvalue weighted by molar-refractivity contribution is -0.110. The fourth-order valence-electron chi connectivity index (χ4n) is 1.69. The number of ketones is 1. The Bertz CT molecular complexity index is 608. The summed E-state index contributed by atoms with van der Waals surface area (Å²) in [6.45, 7) is 0. The Morgan fingerprint density at radius 3 is 1.95 bits per heavy atom. The molecule has 0 N–H and O–H groups in total. The number of carbonyl (C=O) groups is 1. The van der Waals surface area contributed by atoms with E-state index in [1.54, 1.807) is 31.4 Å². The van der Waals surface area contributed by atoms with Crippen LogP contribution in [0, 0.1) is 0 Å². The second-order valence-electron chi connectivity index (χ2n) is 4.25. The molecular formula is C18H16O2. The zero-order chi connectivity index (χ0) is 14.2. The van der Waals surface area contributed by atoms with Gasteiger partial charge in [0.25, 0.3) is 0 Å². The minimum atomic E-state index is -0.0373. The second-order valence-corrected chi connectivity index (χ2v) is 4.25. The number of allylic oxidation sites excluding steroid dienone is 2. The van der Waals surface area contributed by atoms with Gasteiger partial charge in [0.2, 0.25) is 0 Å². The fourth-order valence-corrected chi connectivity index (χ4v) is 1.69. The normalized spacial score (nSPS) is 11.1. The Labute approximate surface area is 119 Å². The first-order valence-corrected chi connectivity index (χ1v) is 6.37. The van der Waals surface area contributed by atoms with E-state index in [0.717, 1.165) is 16.9 Å². The van der Waals surface area contributed by atoms with Gasteiger partial charge in [-0.05, 0) is 35.4 Å². The first-order chi connectivity index (χ1) is 9.78. The number of ether oxygens (including phenoxy) is 1. The summed E-state index contributed by atoms with van der Waals surface area (Å²) in [5.41, 5.74) is 1.98. The monoisotopic (exact) mass is 264 g/mol. The van der Waals surface area contributed by atoms with Crippen molar-refractivity contribution in [2.75, 3.05) is 7.11 Å². The van der Waals surface area contributed by atoms with Crippen LogP contribution in [0.4, 0.5) is 0 Å². The van der Waals surface area contributed by atoms with Crippen LogP contribution >= 0.6 is 0 Å². The number of methoxy groups -OCH3 is 1. The highest BCUT2D eigenvalue weighted by Gasteiger charge is 1.92. The van der Waals surface area contributed by atoms with E-state index in [4.69, 9.17) is 4.74 Å². The van der Waals surface area contributed by atoms with Crippen molar-refractivity contribution in [3.63, 3.8) is 0 Å². The molecule has 2 aromatic carbocycles. The van der Waals surface area contributed by atoms with E-state index in [1.165, 1.54) is 0 Å². The summed E-state index contributed by atoms with van der Waals surface area (Å²) in [6.07, 6.45) is 6.72. The van der Waals surface area contributed by atoms with Crippen molar-refractivity contribution < 1.29 is 9.53 Å². The minimum Gasteiger partial charge on any atom is -0.497 e. The maximum Gasteiger partial charge on any atom is 0.178 e. The highest BCUT2D eigenvalue weighted by atomic mass is 16.5. The fraction of sp³-hybridized carbons (Fsp3) is 0.0556. The standard InChI is InChI=1S/C18H16O2/c1-20-18-13-9-16(10-14-18)8-12-17(19)11-7-15-5-3-2-4-6-15/h2-14H,1H3/b11-7+,12-8+. The van der Waals surface area contributed by atoms with E-state index in [2.05, 4.69) is 0 Å². The maximum atomic E-state index is 11.7. The van der Waals surface area contributed by atoms with E-state index in [1.807, 2.05) is 54.6 Å². The van der Waals surface area contributed by atoms with Gasteiger partial charge in [-0.15, -0.1) is 0 Å². The molecule has 0 saturated carbocycles. The van der Waals surface area contributed by atoms with Gasteiger partial charge in [-0.1, -0.05) is 54.6 Å². The molecule has 0 aliphatic carbocycles. The lowest BCUT2D eigenvalue weighted by atomic mass is 10.1. The number of hydrogen-bond acceptors (Lipinski definition) is 2. The summed E-state index contributed by atoms with van der Waals surface area (Å²) in [5.74, 6) is 0.766. The van der Waals surface area contributed by atoms with Crippen molar-refractivity contribution in [1.29, 1.82) is 0 Å².